The Hall–Kier alpha value is -2.60. The summed E-state index contributed by atoms with van der Waals surface area (Å²) in [5, 5.41) is 3.50. The molecular formula is C19H22N4O2. The number of fused-ring (bicyclic) bond motifs is 2. The number of carbonyl (C=O) groups excluding carboxylic acids is 1. The Bertz CT molecular complexity index is 802. The molecule has 6 heteroatoms. The van der Waals surface area contributed by atoms with Crippen molar-refractivity contribution in [2.45, 2.75) is 18.9 Å². The van der Waals surface area contributed by atoms with Crippen molar-refractivity contribution in [3.8, 4) is 0 Å². The summed E-state index contributed by atoms with van der Waals surface area (Å²) >= 11 is 0. The minimum Gasteiger partial charge on any atom is -0.381 e. The Balaban J connectivity index is 1.72. The van der Waals surface area contributed by atoms with Crippen LogP contribution in [0.4, 0.5) is 22.9 Å². The van der Waals surface area contributed by atoms with Gasteiger partial charge in [0, 0.05) is 39.4 Å². The number of rotatable bonds is 2. The molecule has 0 atom stereocenters. The number of hydrogen-bond donors (Lipinski definition) is 1. The summed E-state index contributed by atoms with van der Waals surface area (Å²) in [6.45, 7) is 1.57. The van der Waals surface area contributed by atoms with Crippen molar-refractivity contribution in [1.82, 2.24) is 4.98 Å². The van der Waals surface area contributed by atoms with Gasteiger partial charge in [-0.25, -0.2) is 4.98 Å². The van der Waals surface area contributed by atoms with E-state index >= 15 is 0 Å². The first-order valence-corrected chi connectivity index (χ1v) is 8.60. The van der Waals surface area contributed by atoms with E-state index in [1.54, 1.807) is 18.1 Å². The van der Waals surface area contributed by atoms with E-state index in [0.29, 0.717) is 11.6 Å². The second-order valence-electron chi connectivity index (χ2n) is 6.53. The van der Waals surface area contributed by atoms with Crippen molar-refractivity contribution in [2.75, 3.05) is 42.4 Å². The monoisotopic (exact) mass is 338 g/mol. The summed E-state index contributed by atoms with van der Waals surface area (Å²) in [7, 11) is 3.78. The van der Waals surface area contributed by atoms with Gasteiger partial charge in [-0.3, -0.25) is 4.79 Å². The molecule has 1 saturated heterocycles. The van der Waals surface area contributed by atoms with Crippen molar-refractivity contribution in [3.63, 3.8) is 0 Å². The van der Waals surface area contributed by atoms with Gasteiger partial charge >= 0.3 is 0 Å². The lowest BCUT2D eigenvalue weighted by Crippen LogP contribution is -2.28. The van der Waals surface area contributed by atoms with Gasteiger partial charge in [-0.2, -0.15) is 0 Å². The molecule has 6 nitrogen and oxygen atoms in total. The lowest BCUT2D eigenvalue weighted by molar-refractivity contribution is 0.0904. The fraction of sp³-hybridized carbons (Fsp3) is 0.368. The maximum absolute atomic E-state index is 12.8. The number of pyridine rings is 1. The molecule has 0 bridgehead atoms. The number of nitrogens with zero attached hydrogens (tertiary/aromatic N) is 3. The molecule has 0 spiro atoms. The number of ether oxygens (including phenoxy) is 1. The summed E-state index contributed by atoms with van der Waals surface area (Å²) < 4.78 is 5.41. The summed E-state index contributed by atoms with van der Waals surface area (Å²) in [6, 6.07) is 10.1. The van der Waals surface area contributed by atoms with Crippen LogP contribution in [0.1, 0.15) is 23.2 Å². The molecule has 0 saturated carbocycles. The number of aromatic nitrogens is 1. The van der Waals surface area contributed by atoms with Crippen molar-refractivity contribution in [2.24, 2.45) is 0 Å². The number of carbonyl (C=O) groups is 1. The minimum absolute atomic E-state index is 0.0202. The van der Waals surface area contributed by atoms with E-state index in [1.165, 1.54) is 0 Å². The van der Waals surface area contributed by atoms with Crippen LogP contribution in [0.25, 0.3) is 0 Å². The summed E-state index contributed by atoms with van der Waals surface area (Å²) in [4.78, 5) is 21.1. The van der Waals surface area contributed by atoms with Gasteiger partial charge in [0.2, 0.25) is 0 Å². The molecule has 2 aromatic rings. The maximum Gasteiger partial charge on any atom is 0.260 e. The number of amides is 1. The van der Waals surface area contributed by atoms with Gasteiger partial charge in [-0.15, -0.1) is 0 Å². The Morgan fingerprint density at radius 3 is 2.64 bits per heavy atom. The van der Waals surface area contributed by atoms with Crippen LogP contribution in [0.3, 0.4) is 0 Å². The van der Waals surface area contributed by atoms with Crippen LogP contribution in [-0.2, 0) is 4.74 Å². The highest BCUT2D eigenvalue weighted by Crippen LogP contribution is 2.39. The van der Waals surface area contributed by atoms with Gasteiger partial charge in [-0.05, 0) is 25.0 Å². The Kier molecular flexibility index (Phi) is 4.05. The SMILES string of the molecule is CN1C(=O)c2ccccc2N(C)c2cc(NC3CCOCC3)ncc21. The highest BCUT2D eigenvalue weighted by molar-refractivity contribution is 6.13. The van der Waals surface area contributed by atoms with Crippen molar-refractivity contribution >= 4 is 28.8 Å². The predicted octanol–water partition coefficient (Wildman–Crippen LogP) is 3.03. The molecule has 0 radical (unpaired) electrons. The van der Waals surface area contributed by atoms with E-state index in [1.807, 2.05) is 37.4 Å². The van der Waals surface area contributed by atoms with Crippen molar-refractivity contribution in [3.05, 3.63) is 42.1 Å². The smallest absolute Gasteiger partial charge is 0.260 e. The molecule has 2 aliphatic rings. The van der Waals surface area contributed by atoms with Gasteiger partial charge in [0.05, 0.1) is 28.8 Å². The summed E-state index contributed by atoms with van der Waals surface area (Å²) in [6.07, 6.45) is 3.74. The molecule has 4 rings (SSSR count). The highest BCUT2D eigenvalue weighted by atomic mass is 16.5. The van der Waals surface area contributed by atoms with Crippen molar-refractivity contribution in [1.29, 1.82) is 0 Å². The number of para-hydroxylation sites is 1. The molecule has 2 aliphatic heterocycles. The van der Waals surface area contributed by atoms with E-state index < -0.39 is 0 Å². The molecule has 0 unspecified atom stereocenters. The second-order valence-corrected chi connectivity index (χ2v) is 6.53. The number of benzene rings is 1. The summed E-state index contributed by atoms with van der Waals surface area (Å²) in [5.74, 6) is 0.811. The minimum atomic E-state index is -0.0202. The molecule has 1 amide bonds. The van der Waals surface area contributed by atoms with Crippen LogP contribution in [0.5, 0.6) is 0 Å². The maximum atomic E-state index is 12.8. The highest BCUT2D eigenvalue weighted by Gasteiger charge is 2.27. The third-order valence-corrected chi connectivity index (χ3v) is 4.96. The van der Waals surface area contributed by atoms with Crippen molar-refractivity contribution < 1.29 is 9.53 Å². The molecule has 1 aromatic heterocycles. The quantitative estimate of drug-likeness (QED) is 0.912. The van der Waals surface area contributed by atoms with E-state index in [-0.39, 0.29) is 5.91 Å². The molecule has 130 valence electrons. The summed E-state index contributed by atoms with van der Waals surface area (Å²) in [5.41, 5.74) is 3.37. The average Bonchev–Trinajstić information content (AvgIpc) is 2.73. The van der Waals surface area contributed by atoms with Crippen LogP contribution in [-0.4, -0.2) is 44.2 Å². The first kappa shape index (κ1) is 15.9. The molecule has 1 N–H and O–H groups in total. The van der Waals surface area contributed by atoms with Crippen LogP contribution in [0.2, 0.25) is 0 Å². The third-order valence-electron chi connectivity index (χ3n) is 4.96. The fourth-order valence-corrected chi connectivity index (χ4v) is 3.46. The van der Waals surface area contributed by atoms with Gasteiger partial charge in [0.1, 0.15) is 5.82 Å². The molecule has 1 aromatic carbocycles. The average molecular weight is 338 g/mol. The largest absolute Gasteiger partial charge is 0.381 e. The van der Waals surface area contributed by atoms with E-state index in [9.17, 15) is 4.79 Å². The molecule has 3 heterocycles. The topological polar surface area (TPSA) is 57.7 Å². The van der Waals surface area contributed by atoms with E-state index in [4.69, 9.17) is 4.74 Å². The standard InChI is InChI=1S/C19H22N4O2/c1-22-15-6-4-3-5-14(15)19(24)23(2)17-12-20-18(11-16(17)22)21-13-7-9-25-10-8-13/h3-6,11-13H,7-10H2,1-2H3,(H,20,21). The fourth-order valence-electron chi connectivity index (χ4n) is 3.46. The zero-order valence-corrected chi connectivity index (χ0v) is 14.5. The van der Waals surface area contributed by atoms with Gasteiger partial charge in [0.25, 0.3) is 5.91 Å². The van der Waals surface area contributed by atoms with Crippen LogP contribution < -0.4 is 15.1 Å². The van der Waals surface area contributed by atoms with Gasteiger partial charge < -0.3 is 19.9 Å². The van der Waals surface area contributed by atoms with Crippen LogP contribution >= 0.6 is 0 Å². The first-order chi connectivity index (χ1) is 12.1. The Labute approximate surface area is 147 Å². The third kappa shape index (κ3) is 2.82. The lowest BCUT2D eigenvalue weighted by Gasteiger charge is -2.26. The number of nitrogens with one attached hydrogen (secondary N) is 1. The second kappa shape index (κ2) is 6.37. The molecular weight excluding hydrogens is 316 g/mol. The van der Waals surface area contributed by atoms with Crippen LogP contribution in [0.15, 0.2) is 36.5 Å². The lowest BCUT2D eigenvalue weighted by atomic mass is 10.1. The molecule has 25 heavy (non-hydrogen) atoms. The van der Waals surface area contributed by atoms with E-state index in [0.717, 1.165) is 48.9 Å². The van der Waals surface area contributed by atoms with Crippen LogP contribution in [0, 0.1) is 0 Å². The molecule has 1 fully saturated rings. The van der Waals surface area contributed by atoms with E-state index in [2.05, 4.69) is 15.2 Å². The zero-order chi connectivity index (χ0) is 17.4. The zero-order valence-electron chi connectivity index (χ0n) is 14.5. The molecule has 0 aliphatic carbocycles. The Morgan fingerprint density at radius 2 is 1.84 bits per heavy atom. The van der Waals surface area contributed by atoms with Gasteiger partial charge in [0.15, 0.2) is 0 Å². The number of anilines is 4. The number of hydrogen-bond acceptors (Lipinski definition) is 5. The first-order valence-electron chi connectivity index (χ1n) is 8.60. The normalized spacial score (nSPS) is 17.8. The van der Waals surface area contributed by atoms with Gasteiger partial charge in [-0.1, -0.05) is 12.1 Å². The Morgan fingerprint density at radius 1 is 1.08 bits per heavy atom. The predicted molar refractivity (Wildman–Crippen MR) is 98.9 cm³/mol.